The molecule has 0 bridgehead atoms. The number of hydrogen-bond acceptors (Lipinski definition) is 2. The van der Waals surface area contributed by atoms with Gasteiger partial charge in [-0.3, -0.25) is 0 Å². The maximum atomic E-state index is 5.71. The van der Waals surface area contributed by atoms with Crippen molar-refractivity contribution in [2.45, 2.75) is 13.0 Å². The highest BCUT2D eigenvalue weighted by Gasteiger charge is 2.05. The molecule has 0 fully saturated rings. The Morgan fingerprint density at radius 1 is 1.29 bits per heavy atom. The molecule has 0 radical (unpaired) electrons. The molecule has 0 aliphatic carbocycles. The van der Waals surface area contributed by atoms with Crippen LogP contribution in [0.2, 0.25) is 0 Å². The summed E-state index contributed by atoms with van der Waals surface area (Å²) in [6, 6.07) is 10.0. The largest absolute Gasteiger partial charge is 0.341 e. The molecule has 1 aromatic heterocycles. The minimum Gasteiger partial charge on any atom is -0.341 e. The van der Waals surface area contributed by atoms with Gasteiger partial charge in [0.05, 0.1) is 17.9 Å². The van der Waals surface area contributed by atoms with Gasteiger partial charge in [0.15, 0.2) is 0 Å². The van der Waals surface area contributed by atoms with Crippen LogP contribution in [-0.4, -0.2) is 9.97 Å². The summed E-state index contributed by atoms with van der Waals surface area (Å²) in [4.78, 5) is 7.40. The molecule has 0 aliphatic rings. The molecule has 1 aromatic carbocycles. The topological polar surface area (TPSA) is 54.7 Å². The number of aromatic nitrogens is 2. The van der Waals surface area contributed by atoms with Crippen molar-refractivity contribution in [2.75, 3.05) is 0 Å². The van der Waals surface area contributed by atoms with Gasteiger partial charge in [-0.1, -0.05) is 30.3 Å². The molecule has 0 saturated carbocycles. The van der Waals surface area contributed by atoms with Gasteiger partial charge < -0.3 is 10.7 Å². The highest BCUT2D eigenvalue weighted by atomic mass is 14.9. The lowest BCUT2D eigenvalue weighted by molar-refractivity contribution is 0.756. The van der Waals surface area contributed by atoms with Gasteiger partial charge in [-0.2, -0.15) is 0 Å². The normalized spacial score (nSPS) is 12.7. The van der Waals surface area contributed by atoms with Crippen molar-refractivity contribution < 1.29 is 0 Å². The molecule has 2 aromatic rings. The first-order valence-electron chi connectivity index (χ1n) is 4.63. The Bertz CT molecular complexity index is 403. The zero-order valence-electron chi connectivity index (χ0n) is 8.07. The van der Waals surface area contributed by atoms with E-state index in [1.807, 2.05) is 43.5 Å². The van der Waals surface area contributed by atoms with E-state index in [0.717, 1.165) is 17.1 Å². The lowest BCUT2D eigenvalue weighted by Crippen LogP contribution is -2.06. The highest BCUT2D eigenvalue weighted by molar-refractivity contribution is 5.58. The maximum absolute atomic E-state index is 5.71. The zero-order chi connectivity index (χ0) is 9.97. The number of hydrogen-bond donors (Lipinski definition) is 2. The van der Waals surface area contributed by atoms with E-state index in [4.69, 9.17) is 5.73 Å². The molecule has 1 atom stereocenters. The van der Waals surface area contributed by atoms with E-state index in [-0.39, 0.29) is 6.04 Å². The van der Waals surface area contributed by atoms with Gasteiger partial charge in [0.2, 0.25) is 0 Å². The Morgan fingerprint density at radius 2 is 2.00 bits per heavy atom. The first-order chi connectivity index (χ1) is 6.77. The van der Waals surface area contributed by atoms with Crippen LogP contribution in [0.4, 0.5) is 0 Å². The van der Waals surface area contributed by atoms with Gasteiger partial charge in [0.25, 0.3) is 0 Å². The van der Waals surface area contributed by atoms with E-state index in [0.29, 0.717) is 0 Å². The summed E-state index contributed by atoms with van der Waals surface area (Å²) in [5.74, 6) is 0.823. The molecule has 14 heavy (non-hydrogen) atoms. The Morgan fingerprint density at radius 3 is 2.57 bits per heavy atom. The number of nitrogens with one attached hydrogen (secondary N) is 1. The summed E-state index contributed by atoms with van der Waals surface area (Å²) in [5.41, 5.74) is 7.85. The first kappa shape index (κ1) is 8.97. The monoisotopic (exact) mass is 187 g/mol. The molecule has 0 amide bonds. The molecular weight excluding hydrogens is 174 g/mol. The van der Waals surface area contributed by atoms with Gasteiger partial charge in [-0.15, -0.1) is 0 Å². The third-order valence-corrected chi connectivity index (χ3v) is 2.11. The lowest BCUT2D eigenvalue weighted by Gasteiger charge is -1.99. The Hall–Kier alpha value is -1.61. The smallest absolute Gasteiger partial charge is 0.123 e. The minimum atomic E-state index is -0.0486. The molecule has 0 spiro atoms. The van der Waals surface area contributed by atoms with Crippen LogP contribution in [-0.2, 0) is 0 Å². The Kier molecular flexibility index (Phi) is 2.33. The second-order valence-corrected chi connectivity index (χ2v) is 3.34. The van der Waals surface area contributed by atoms with Gasteiger partial charge in [-0.25, -0.2) is 4.98 Å². The third kappa shape index (κ3) is 1.67. The Balaban J connectivity index is 2.34. The average Bonchev–Trinajstić information content (AvgIpc) is 2.68. The van der Waals surface area contributed by atoms with Gasteiger partial charge in [0, 0.05) is 0 Å². The summed E-state index contributed by atoms with van der Waals surface area (Å²) >= 11 is 0. The summed E-state index contributed by atoms with van der Waals surface area (Å²) in [6.07, 6.45) is 1.81. The van der Waals surface area contributed by atoms with Crippen molar-refractivity contribution in [1.29, 1.82) is 0 Å². The number of nitrogens with zero attached hydrogens (tertiary/aromatic N) is 1. The first-order valence-corrected chi connectivity index (χ1v) is 4.63. The number of rotatable bonds is 2. The van der Waals surface area contributed by atoms with Crippen LogP contribution in [0.5, 0.6) is 0 Å². The number of nitrogens with two attached hydrogens (primary N) is 1. The summed E-state index contributed by atoms with van der Waals surface area (Å²) in [7, 11) is 0. The molecule has 0 aliphatic heterocycles. The summed E-state index contributed by atoms with van der Waals surface area (Å²) < 4.78 is 0. The Labute approximate surface area is 83.0 Å². The molecule has 3 heteroatoms. The fourth-order valence-corrected chi connectivity index (χ4v) is 1.33. The minimum absolute atomic E-state index is 0.0486. The van der Waals surface area contributed by atoms with Crippen LogP contribution in [0.3, 0.4) is 0 Å². The average molecular weight is 187 g/mol. The predicted octanol–water partition coefficient (Wildman–Crippen LogP) is 2.10. The van der Waals surface area contributed by atoms with Crippen molar-refractivity contribution >= 4 is 0 Å². The van der Waals surface area contributed by atoms with Crippen molar-refractivity contribution in [3.8, 4) is 11.3 Å². The number of aromatic amines is 1. The number of imidazole rings is 1. The van der Waals surface area contributed by atoms with E-state index in [9.17, 15) is 0 Å². The maximum Gasteiger partial charge on any atom is 0.123 e. The van der Waals surface area contributed by atoms with Crippen molar-refractivity contribution in [1.82, 2.24) is 9.97 Å². The van der Waals surface area contributed by atoms with Crippen LogP contribution in [0, 0.1) is 0 Å². The lowest BCUT2D eigenvalue weighted by atomic mass is 10.2. The van der Waals surface area contributed by atoms with Crippen LogP contribution < -0.4 is 5.73 Å². The fourth-order valence-electron chi connectivity index (χ4n) is 1.33. The summed E-state index contributed by atoms with van der Waals surface area (Å²) in [6.45, 7) is 1.91. The summed E-state index contributed by atoms with van der Waals surface area (Å²) in [5, 5.41) is 0. The molecule has 0 saturated heterocycles. The zero-order valence-corrected chi connectivity index (χ0v) is 8.07. The standard InChI is InChI=1S/C11H13N3/c1-8(12)11-13-7-10(14-11)9-5-3-2-4-6-9/h2-8H,12H2,1H3,(H,13,14)/t8-/m0/s1. The predicted molar refractivity (Wildman–Crippen MR) is 56.6 cm³/mol. The van der Waals surface area contributed by atoms with E-state index in [1.54, 1.807) is 0 Å². The number of benzene rings is 1. The molecule has 72 valence electrons. The van der Waals surface area contributed by atoms with Crippen molar-refractivity contribution in [3.63, 3.8) is 0 Å². The molecule has 2 rings (SSSR count). The number of H-pyrrole nitrogens is 1. The van der Waals surface area contributed by atoms with Gasteiger partial charge >= 0.3 is 0 Å². The second kappa shape index (κ2) is 3.64. The van der Waals surface area contributed by atoms with Crippen LogP contribution in [0.25, 0.3) is 11.3 Å². The van der Waals surface area contributed by atoms with Crippen LogP contribution in [0.15, 0.2) is 36.5 Å². The fraction of sp³-hybridized carbons (Fsp3) is 0.182. The SMILES string of the molecule is C[C@H](N)c1ncc(-c2ccccc2)[nH]1. The van der Waals surface area contributed by atoms with Crippen LogP contribution >= 0.6 is 0 Å². The van der Waals surface area contributed by atoms with E-state index in [2.05, 4.69) is 9.97 Å². The van der Waals surface area contributed by atoms with E-state index < -0.39 is 0 Å². The third-order valence-electron chi connectivity index (χ3n) is 2.11. The molecule has 3 nitrogen and oxygen atoms in total. The van der Waals surface area contributed by atoms with Crippen molar-refractivity contribution in [3.05, 3.63) is 42.4 Å². The van der Waals surface area contributed by atoms with Gasteiger partial charge in [-0.05, 0) is 12.5 Å². The molecular formula is C11H13N3. The molecule has 0 unspecified atom stereocenters. The highest BCUT2D eigenvalue weighted by Crippen LogP contribution is 2.17. The van der Waals surface area contributed by atoms with Gasteiger partial charge in [0.1, 0.15) is 5.82 Å². The van der Waals surface area contributed by atoms with E-state index >= 15 is 0 Å². The molecule has 1 heterocycles. The van der Waals surface area contributed by atoms with Crippen LogP contribution in [0.1, 0.15) is 18.8 Å². The van der Waals surface area contributed by atoms with E-state index in [1.165, 1.54) is 0 Å². The van der Waals surface area contributed by atoms with Crippen molar-refractivity contribution in [2.24, 2.45) is 5.73 Å². The molecule has 3 N–H and O–H groups in total. The second-order valence-electron chi connectivity index (χ2n) is 3.34. The quantitative estimate of drug-likeness (QED) is 0.756.